The summed E-state index contributed by atoms with van der Waals surface area (Å²) < 4.78 is 0. The van der Waals surface area contributed by atoms with Crippen LogP contribution in [0.25, 0.3) is 0 Å². The Balaban J connectivity index is 5.19. The molecular formula is C10H12O6. The standard InChI is InChI=1S/C10H12O6/c1-2-6(4-11)7(3-9(13)14)8(5-12)10(15)16/h2,4-5,7-8H,3H2,1H3,(H,13,14)(H,15,16). The molecule has 6 heteroatoms. The van der Waals surface area contributed by atoms with E-state index in [0.717, 1.165) is 0 Å². The lowest BCUT2D eigenvalue weighted by atomic mass is 9.84. The SMILES string of the molecule is CC=C(C=O)C(CC(=O)O)C(C=O)C(=O)O. The Labute approximate surface area is 91.6 Å². The Morgan fingerprint density at radius 3 is 2.06 bits per heavy atom. The second-order valence-electron chi connectivity index (χ2n) is 3.11. The van der Waals surface area contributed by atoms with Gasteiger partial charge in [0.2, 0.25) is 0 Å². The molecule has 6 nitrogen and oxygen atoms in total. The molecule has 0 spiro atoms. The van der Waals surface area contributed by atoms with E-state index in [4.69, 9.17) is 10.2 Å². The first-order valence-corrected chi connectivity index (χ1v) is 4.49. The van der Waals surface area contributed by atoms with Crippen molar-refractivity contribution < 1.29 is 29.4 Å². The lowest BCUT2D eigenvalue weighted by Gasteiger charge is -2.17. The number of rotatable bonds is 7. The smallest absolute Gasteiger partial charge is 0.314 e. The molecule has 0 amide bonds. The van der Waals surface area contributed by atoms with Gasteiger partial charge in [-0.1, -0.05) is 6.08 Å². The molecule has 0 aliphatic carbocycles. The molecule has 0 aromatic rings. The number of allylic oxidation sites excluding steroid dienone is 2. The largest absolute Gasteiger partial charge is 0.481 e. The quantitative estimate of drug-likeness (QED) is 0.364. The summed E-state index contributed by atoms with van der Waals surface area (Å²) >= 11 is 0. The van der Waals surface area contributed by atoms with E-state index in [1.54, 1.807) is 0 Å². The van der Waals surface area contributed by atoms with Gasteiger partial charge in [-0.25, -0.2) is 0 Å². The van der Waals surface area contributed by atoms with E-state index in [0.29, 0.717) is 6.29 Å². The van der Waals surface area contributed by atoms with Crippen LogP contribution in [-0.2, 0) is 19.2 Å². The van der Waals surface area contributed by atoms with E-state index in [-0.39, 0.29) is 11.9 Å². The Kier molecular flexibility index (Phi) is 5.69. The molecule has 2 unspecified atom stereocenters. The van der Waals surface area contributed by atoms with Crippen LogP contribution < -0.4 is 0 Å². The zero-order valence-electron chi connectivity index (χ0n) is 8.62. The van der Waals surface area contributed by atoms with Gasteiger partial charge < -0.3 is 15.0 Å². The van der Waals surface area contributed by atoms with Crippen molar-refractivity contribution in [3.8, 4) is 0 Å². The van der Waals surface area contributed by atoms with E-state index in [1.807, 2.05) is 0 Å². The highest BCUT2D eigenvalue weighted by molar-refractivity contribution is 5.90. The number of carbonyl (C=O) groups excluding carboxylic acids is 2. The summed E-state index contributed by atoms with van der Waals surface area (Å²) in [5.41, 5.74) is 0.00176. The first-order valence-electron chi connectivity index (χ1n) is 4.49. The Hall–Kier alpha value is -1.98. The maximum atomic E-state index is 10.7. The molecule has 2 N–H and O–H groups in total. The number of hydrogen-bond donors (Lipinski definition) is 2. The summed E-state index contributed by atoms with van der Waals surface area (Å²) in [5.74, 6) is -5.36. The predicted molar refractivity (Wildman–Crippen MR) is 52.8 cm³/mol. The van der Waals surface area contributed by atoms with Crippen molar-refractivity contribution in [1.82, 2.24) is 0 Å². The van der Waals surface area contributed by atoms with Crippen molar-refractivity contribution in [3.63, 3.8) is 0 Å². The van der Waals surface area contributed by atoms with E-state index in [1.165, 1.54) is 13.0 Å². The van der Waals surface area contributed by atoms with Crippen LogP contribution in [0.1, 0.15) is 13.3 Å². The minimum Gasteiger partial charge on any atom is -0.481 e. The van der Waals surface area contributed by atoms with Crippen molar-refractivity contribution in [2.75, 3.05) is 0 Å². The van der Waals surface area contributed by atoms with Crippen molar-refractivity contribution >= 4 is 24.5 Å². The lowest BCUT2D eigenvalue weighted by molar-refractivity contribution is -0.146. The van der Waals surface area contributed by atoms with Crippen molar-refractivity contribution in [2.45, 2.75) is 13.3 Å². The lowest BCUT2D eigenvalue weighted by Crippen LogP contribution is -2.29. The summed E-state index contributed by atoms with van der Waals surface area (Å²) in [6, 6.07) is 0. The summed E-state index contributed by atoms with van der Waals surface area (Å²) in [5, 5.41) is 17.3. The summed E-state index contributed by atoms with van der Waals surface area (Å²) in [6.45, 7) is 1.47. The van der Waals surface area contributed by atoms with Gasteiger partial charge in [-0.05, 0) is 12.5 Å². The zero-order chi connectivity index (χ0) is 12.7. The van der Waals surface area contributed by atoms with Crippen molar-refractivity contribution in [2.24, 2.45) is 11.8 Å². The second kappa shape index (κ2) is 6.49. The maximum Gasteiger partial charge on any atom is 0.314 e. The topological polar surface area (TPSA) is 109 Å². The van der Waals surface area contributed by atoms with Crippen LogP contribution in [0.2, 0.25) is 0 Å². The molecule has 2 atom stereocenters. The summed E-state index contributed by atoms with van der Waals surface area (Å²) in [7, 11) is 0. The van der Waals surface area contributed by atoms with Crippen LogP contribution in [-0.4, -0.2) is 34.7 Å². The molecule has 0 saturated carbocycles. The van der Waals surface area contributed by atoms with E-state index >= 15 is 0 Å². The number of carbonyl (C=O) groups is 4. The van der Waals surface area contributed by atoms with Gasteiger partial charge in [0.05, 0.1) is 6.42 Å². The maximum absolute atomic E-state index is 10.7. The van der Waals surface area contributed by atoms with Gasteiger partial charge in [0.1, 0.15) is 18.5 Å². The Morgan fingerprint density at radius 2 is 1.81 bits per heavy atom. The molecule has 0 radical (unpaired) electrons. The minimum atomic E-state index is -1.52. The molecular weight excluding hydrogens is 216 g/mol. The summed E-state index contributed by atoms with van der Waals surface area (Å²) in [6.07, 6.45) is 1.24. The zero-order valence-corrected chi connectivity index (χ0v) is 8.62. The van der Waals surface area contributed by atoms with Crippen molar-refractivity contribution in [3.05, 3.63) is 11.6 Å². The molecule has 0 aromatic carbocycles. The molecule has 0 heterocycles. The fourth-order valence-corrected chi connectivity index (χ4v) is 1.33. The monoisotopic (exact) mass is 228 g/mol. The van der Waals surface area contributed by atoms with Crippen LogP contribution in [0.15, 0.2) is 11.6 Å². The van der Waals surface area contributed by atoms with Crippen LogP contribution in [0, 0.1) is 11.8 Å². The van der Waals surface area contributed by atoms with Gasteiger partial charge in [-0.3, -0.25) is 14.4 Å². The highest BCUT2D eigenvalue weighted by Crippen LogP contribution is 2.22. The molecule has 0 saturated heterocycles. The fraction of sp³-hybridized carbons (Fsp3) is 0.400. The minimum absolute atomic E-state index is 0.00176. The van der Waals surface area contributed by atoms with Gasteiger partial charge in [-0.15, -0.1) is 0 Å². The second-order valence-corrected chi connectivity index (χ2v) is 3.11. The number of aliphatic carboxylic acids is 2. The van der Waals surface area contributed by atoms with Gasteiger partial charge >= 0.3 is 11.9 Å². The van der Waals surface area contributed by atoms with E-state index in [9.17, 15) is 19.2 Å². The Bertz CT molecular complexity index is 330. The number of carboxylic acid groups (broad SMARTS) is 2. The van der Waals surface area contributed by atoms with Crippen molar-refractivity contribution in [1.29, 1.82) is 0 Å². The molecule has 88 valence electrons. The van der Waals surface area contributed by atoms with Gasteiger partial charge in [-0.2, -0.15) is 0 Å². The number of hydrogen-bond acceptors (Lipinski definition) is 4. The van der Waals surface area contributed by atoms with Crippen LogP contribution >= 0.6 is 0 Å². The molecule has 16 heavy (non-hydrogen) atoms. The van der Waals surface area contributed by atoms with Gasteiger partial charge in [0, 0.05) is 5.92 Å². The Morgan fingerprint density at radius 1 is 1.25 bits per heavy atom. The molecule has 0 aliphatic rings. The van der Waals surface area contributed by atoms with Crippen LogP contribution in [0.4, 0.5) is 0 Å². The highest BCUT2D eigenvalue weighted by Gasteiger charge is 2.32. The van der Waals surface area contributed by atoms with Crippen LogP contribution in [0.3, 0.4) is 0 Å². The molecule has 0 aromatic heterocycles. The molecule has 0 aliphatic heterocycles. The van der Waals surface area contributed by atoms with E-state index in [2.05, 4.69) is 0 Å². The van der Waals surface area contributed by atoms with E-state index < -0.39 is 30.2 Å². The first-order chi connectivity index (χ1) is 7.47. The molecule has 0 rings (SSSR count). The third kappa shape index (κ3) is 3.64. The first kappa shape index (κ1) is 14.0. The van der Waals surface area contributed by atoms with Crippen LogP contribution in [0.5, 0.6) is 0 Å². The predicted octanol–water partition coefficient (Wildman–Crippen LogP) is 0.122. The van der Waals surface area contributed by atoms with Gasteiger partial charge in [0.15, 0.2) is 0 Å². The third-order valence-electron chi connectivity index (χ3n) is 2.16. The highest BCUT2D eigenvalue weighted by atomic mass is 16.4. The third-order valence-corrected chi connectivity index (χ3v) is 2.16. The average Bonchev–Trinajstić information content (AvgIpc) is 2.18. The fourth-order valence-electron chi connectivity index (χ4n) is 1.33. The molecule has 0 fully saturated rings. The number of aldehydes is 2. The molecule has 0 bridgehead atoms. The number of carboxylic acids is 2. The van der Waals surface area contributed by atoms with Gasteiger partial charge in [0.25, 0.3) is 0 Å². The average molecular weight is 228 g/mol. The normalized spacial score (nSPS) is 14.9. The summed E-state index contributed by atoms with van der Waals surface area (Å²) in [4.78, 5) is 42.5.